The molecule has 1 aliphatic heterocycles. The van der Waals surface area contributed by atoms with Crippen molar-refractivity contribution in [3.8, 4) is 0 Å². The molecule has 2 nitrogen and oxygen atoms in total. The summed E-state index contributed by atoms with van der Waals surface area (Å²) in [5, 5.41) is 13.5. The molecule has 3 rings (SSSR count). The highest BCUT2D eigenvalue weighted by Crippen LogP contribution is 2.46. The van der Waals surface area contributed by atoms with Crippen molar-refractivity contribution in [1.82, 2.24) is 5.06 Å². The first-order valence-corrected chi connectivity index (χ1v) is 8.40. The molecule has 1 saturated heterocycles. The third-order valence-electron chi connectivity index (χ3n) is 4.81. The number of benzene rings is 2. The topological polar surface area (TPSA) is 26.3 Å². The fourth-order valence-corrected chi connectivity index (χ4v) is 3.98. The molecule has 22 heavy (non-hydrogen) atoms. The van der Waals surface area contributed by atoms with Crippen LogP contribution in [-0.2, 0) is 5.41 Å². The van der Waals surface area contributed by atoms with Gasteiger partial charge >= 0.3 is 0 Å². The Hall–Kier alpha value is -1.35. The normalized spacial score (nSPS) is 21.1. The van der Waals surface area contributed by atoms with Gasteiger partial charge in [-0.3, -0.25) is 0 Å². The lowest BCUT2D eigenvalue weighted by molar-refractivity contribution is 0.378. The quantitative estimate of drug-likeness (QED) is 0.764. The third-order valence-corrected chi connectivity index (χ3v) is 5.08. The van der Waals surface area contributed by atoms with Crippen molar-refractivity contribution in [1.29, 1.82) is 0 Å². The minimum Gasteiger partial charge on any atom is -0.785 e. The molecule has 0 spiro atoms. The van der Waals surface area contributed by atoms with E-state index in [-0.39, 0.29) is 5.41 Å². The minimum absolute atomic E-state index is 0.226. The van der Waals surface area contributed by atoms with E-state index in [1.807, 2.05) is 12.1 Å². The Morgan fingerprint density at radius 2 is 1.55 bits per heavy atom. The Balaban J connectivity index is 2.10. The summed E-state index contributed by atoms with van der Waals surface area (Å²) in [6.45, 7) is 1.11. The van der Waals surface area contributed by atoms with E-state index in [0.717, 1.165) is 12.8 Å². The van der Waals surface area contributed by atoms with Gasteiger partial charge in [-0.1, -0.05) is 60.7 Å². The molecule has 0 amide bonds. The summed E-state index contributed by atoms with van der Waals surface area (Å²) in [7, 11) is 0. The molecule has 1 unspecified atom stereocenters. The first kappa shape index (κ1) is 15.5. The molecule has 0 aliphatic carbocycles. The van der Waals surface area contributed by atoms with E-state index in [2.05, 4.69) is 48.5 Å². The summed E-state index contributed by atoms with van der Waals surface area (Å²) >= 11 is 5.91. The number of hydrogen-bond acceptors (Lipinski definition) is 2. The van der Waals surface area contributed by atoms with Crippen molar-refractivity contribution < 1.29 is 0 Å². The molecule has 116 valence electrons. The highest BCUT2D eigenvalue weighted by molar-refractivity contribution is 6.17. The average Bonchev–Trinajstić information content (AvgIpc) is 2.92. The van der Waals surface area contributed by atoms with Crippen molar-refractivity contribution in [2.45, 2.75) is 18.3 Å². The van der Waals surface area contributed by atoms with Gasteiger partial charge in [0.1, 0.15) is 0 Å². The van der Waals surface area contributed by atoms with Gasteiger partial charge in [0, 0.05) is 11.3 Å². The number of hydroxylamine groups is 2. The van der Waals surface area contributed by atoms with Gasteiger partial charge in [0.25, 0.3) is 0 Å². The molecule has 1 heterocycles. The first-order valence-electron chi connectivity index (χ1n) is 7.86. The first-order chi connectivity index (χ1) is 10.8. The van der Waals surface area contributed by atoms with Crippen LogP contribution in [0, 0.1) is 11.1 Å². The Bertz CT molecular complexity index is 547. The van der Waals surface area contributed by atoms with E-state index < -0.39 is 0 Å². The van der Waals surface area contributed by atoms with Crippen LogP contribution in [-0.4, -0.2) is 24.0 Å². The predicted octanol–water partition coefficient (Wildman–Crippen LogP) is 4.42. The zero-order valence-electron chi connectivity index (χ0n) is 12.6. The van der Waals surface area contributed by atoms with Crippen molar-refractivity contribution in [2.75, 3.05) is 19.0 Å². The maximum absolute atomic E-state index is 12.3. The smallest absolute Gasteiger partial charge is 0.0360 e. The van der Waals surface area contributed by atoms with E-state index in [1.165, 1.54) is 16.2 Å². The van der Waals surface area contributed by atoms with Gasteiger partial charge in [-0.15, -0.1) is 11.6 Å². The van der Waals surface area contributed by atoms with Gasteiger partial charge in [-0.25, -0.2) is 0 Å². The van der Waals surface area contributed by atoms with Gasteiger partial charge in [0.05, 0.1) is 0 Å². The Morgan fingerprint density at radius 1 is 1.00 bits per heavy atom. The van der Waals surface area contributed by atoms with Gasteiger partial charge < -0.3 is 10.3 Å². The third kappa shape index (κ3) is 2.79. The molecule has 2 aromatic rings. The molecule has 0 N–H and O–H groups in total. The molecule has 0 saturated carbocycles. The zero-order valence-corrected chi connectivity index (χ0v) is 13.4. The van der Waals surface area contributed by atoms with Crippen molar-refractivity contribution in [2.24, 2.45) is 5.92 Å². The summed E-state index contributed by atoms with van der Waals surface area (Å²) in [5.74, 6) is 0.947. The summed E-state index contributed by atoms with van der Waals surface area (Å²) in [6, 6.07) is 20.9. The SMILES string of the molecule is [O-]N1CC(CCCCl)C(c2ccccc2)(c2ccccc2)C1. The minimum atomic E-state index is -0.226. The van der Waals surface area contributed by atoms with Gasteiger partial charge in [0.15, 0.2) is 0 Å². The van der Waals surface area contributed by atoms with Crippen LogP contribution in [0.2, 0.25) is 0 Å². The van der Waals surface area contributed by atoms with Crippen molar-refractivity contribution in [3.63, 3.8) is 0 Å². The van der Waals surface area contributed by atoms with Gasteiger partial charge in [-0.2, -0.15) is 0 Å². The lowest BCUT2D eigenvalue weighted by Crippen LogP contribution is -2.36. The fraction of sp³-hybridized carbons (Fsp3) is 0.368. The van der Waals surface area contributed by atoms with Crippen LogP contribution in [0.4, 0.5) is 0 Å². The van der Waals surface area contributed by atoms with E-state index in [0.29, 0.717) is 24.9 Å². The largest absolute Gasteiger partial charge is 0.785 e. The molecule has 0 radical (unpaired) electrons. The number of rotatable bonds is 5. The molecular formula is C19H21ClNO-. The summed E-state index contributed by atoms with van der Waals surface area (Å²) in [6.07, 6.45) is 1.92. The standard InChI is InChI=1S/C19H21ClNO/c20-13-7-12-18-14-21(22)15-19(18,16-8-3-1-4-9-16)17-10-5-2-6-11-17/h1-6,8-11,18H,7,12-15H2/q-1. The van der Waals surface area contributed by atoms with E-state index >= 15 is 0 Å². The van der Waals surface area contributed by atoms with Crippen LogP contribution >= 0.6 is 11.6 Å². The molecular weight excluding hydrogens is 294 g/mol. The number of alkyl halides is 1. The fourth-order valence-electron chi connectivity index (χ4n) is 3.83. The van der Waals surface area contributed by atoms with Crippen molar-refractivity contribution >= 4 is 11.6 Å². The summed E-state index contributed by atoms with van der Waals surface area (Å²) in [5.41, 5.74) is 2.24. The van der Waals surface area contributed by atoms with Crippen LogP contribution in [0.1, 0.15) is 24.0 Å². The molecule has 0 aromatic heterocycles. The average molecular weight is 315 g/mol. The second-order valence-electron chi connectivity index (χ2n) is 6.05. The predicted molar refractivity (Wildman–Crippen MR) is 92.0 cm³/mol. The van der Waals surface area contributed by atoms with Crippen LogP contribution in [0.3, 0.4) is 0 Å². The molecule has 1 aliphatic rings. The number of hydrogen-bond donors (Lipinski definition) is 0. The molecule has 2 aromatic carbocycles. The summed E-state index contributed by atoms with van der Waals surface area (Å²) < 4.78 is 0. The summed E-state index contributed by atoms with van der Waals surface area (Å²) in [4.78, 5) is 0. The number of halogens is 1. The van der Waals surface area contributed by atoms with Crippen LogP contribution < -0.4 is 0 Å². The van der Waals surface area contributed by atoms with E-state index in [9.17, 15) is 5.21 Å². The highest BCUT2D eigenvalue weighted by Gasteiger charge is 2.45. The Kier molecular flexibility index (Phi) is 4.82. The lowest BCUT2D eigenvalue weighted by atomic mass is 9.66. The zero-order chi connectivity index (χ0) is 15.4. The van der Waals surface area contributed by atoms with E-state index in [1.54, 1.807) is 0 Å². The maximum Gasteiger partial charge on any atom is 0.0360 e. The maximum atomic E-state index is 12.3. The van der Waals surface area contributed by atoms with Gasteiger partial charge in [-0.05, 0) is 43.0 Å². The monoisotopic (exact) mass is 314 g/mol. The van der Waals surface area contributed by atoms with E-state index in [4.69, 9.17) is 11.6 Å². The second kappa shape index (κ2) is 6.82. The van der Waals surface area contributed by atoms with Crippen LogP contribution in [0.5, 0.6) is 0 Å². The second-order valence-corrected chi connectivity index (χ2v) is 6.43. The highest BCUT2D eigenvalue weighted by atomic mass is 35.5. The molecule has 3 heteroatoms. The molecule has 1 atom stereocenters. The molecule has 1 fully saturated rings. The lowest BCUT2D eigenvalue weighted by Gasteiger charge is -2.37. The van der Waals surface area contributed by atoms with Crippen molar-refractivity contribution in [3.05, 3.63) is 77.0 Å². The van der Waals surface area contributed by atoms with Gasteiger partial charge in [0.2, 0.25) is 0 Å². The van der Waals surface area contributed by atoms with Crippen LogP contribution in [0.15, 0.2) is 60.7 Å². The van der Waals surface area contributed by atoms with Crippen LogP contribution in [0.25, 0.3) is 0 Å². The Labute approximate surface area is 137 Å². The molecule has 0 bridgehead atoms. The Morgan fingerprint density at radius 3 is 2.05 bits per heavy atom. The number of nitrogens with zero attached hydrogens (tertiary/aromatic N) is 1.